The summed E-state index contributed by atoms with van der Waals surface area (Å²) >= 11 is 0. The third-order valence-electron chi connectivity index (χ3n) is 5.20. The Morgan fingerprint density at radius 1 is 1.04 bits per heavy atom. The molecule has 0 radical (unpaired) electrons. The summed E-state index contributed by atoms with van der Waals surface area (Å²) in [6, 6.07) is 8.70. The van der Waals surface area contributed by atoms with Gasteiger partial charge in [0.1, 0.15) is 12.0 Å². The van der Waals surface area contributed by atoms with Crippen LogP contribution < -0.4 is 4.90 Å². The van der Waals surface area contributed by atoms with Crippen LogP contribution in [0.1, 0.15) is 60.3 Å². The summed E-state index contributed by atoms with van der Waals surface area (Å²) in [5.41, 5.74) is 5.08. The predicted octanol–water partition coefficient (Wildman–Crippen LogP) is 4.83. The molecule has 0 fully saturated rings. The molecule has 3 heterocycles. The Morgan fingerprint density at radius 3 is 2.38 bits per heavy atom. The molecule has 126 valence electrons. The van der Waals surface area contributed by atoms with Gasteiger partial charge in [0.05, 0.1) is 5.69 Å². The first-order valence-electron chi connectivity index (χ1n) is 10.3. The van der Waals surface area contributed by atoms with Gasteiger partial charge >= 0.3 is 0 Å². The van der Waals surface area contributed by atoms with E-state index in [-0.39, 0.29) is 6.17 Å². The number of benzene rings is 1. The fraction of sp³-hybridized carbons (Fsp3) is 0.429. The van der Waals surface area contributed by atoms with Crippen molar-refractivity contribution in [1.82, 2.24) is 9.47 Å². The summed E-state index contributed by atoms with van der Waals surface area (Å²) < 4.78 is 25.7. The van der Waals surface area contributed by atoms with Crippen molar-refractivity contribution in [2.45, 2.75) is 52.1 Å². The van der Waals surface area contributed by atoms with E-state index in [9.17, 15) is 0 Å². The lowest BCUT2D eigenvalue weighted by atomic mass is 9.92. The number of hydrogen-bond acceptors (Lipinski definition) is 2. The fourth-order valence-corrected chi connectivity index (χ4v) is 3.97. The zero-order valence-corrected chi connectivity index (χ0v) is 14.8. The van der Waals surface area contributed by atoms with Gasteiger partial charge in [-0.05, 0) is 34.6 Å². The number of nitrogens with zero attached hydrogens (tertiary/aromatic N) is 3. The molecule has 0 N–H and O–H groups in total. The second-order valence-corrected chi connectivity index (χ2v) is 7.43. The molecule has 1 aromatic carbocycles. The number of fused-ring (bicyclic) bond motifs is 3. The van der Waals surface area contributed by atoms with Crippen LogP contribution >= 0.6 is 0 Å². The van der Waals surface area contributed by atoms with Crippen LogP contribution in [0, 0.1) is 0 Å². The number of anilines is 1. The van der Waals surface area contributed by atoms with Crippen LogP contribution in [0.15, 0.2) is 42.9 Å². The monoisotopic (exact) mass is 324 g/mol. The molecule has 1 aromatic heterocycles. The van der Waals surface area contributed by atoms with Crippen molar-refractivity contribution in [1.29, 1.82) is 0 Å². The minimum atomic E-state index is -2.12. The van der Waals surface area contributed by atoms with Gasteiger partial charge in [0.15, 0.2) is 0 Å². The number of para-hydroxylation sites is 1. The second-order valence-electron chi connectivity index (χ2n) is 7.43. The van der Waals surface area contributed by atoms with Gasteiger partial charge in [-0.15, -0.1) is 0 Å². The van der Waals surface area contributed by atoms with Gasteiger partial charge in [-0.2, -0.15) is 0 Å². The van der Waals surface area contributed by atoms with Crippen molar-refractivity contribution in [2.75, 3.05) is 11.9 Å². The van der Waals surface area contributed by atoms with E-state index in [0.29, 0.717) is 18.3 Å². The lowest BCUT2D eigenvalue weighted by Gasteiger charge is -2.27. The van der Waals surface area contributed by atoms with Crippen molar-refractivity contribution in [3.05, 3.63) is 59.6 Å². The molecule has 0 amide bonds. The lowest BCUT2D eigenvalue weighted by Crippen LogP contribution is -2.34. The van der Waals surface area contributed by atoms with Crippen molar-refractivity contribution < 1.29 is 4.11 Å². The van der Waals surface area contributed by atoms with E-state index in [0.717, 1.165) is 5.82 Å². The Balaban J connectivity index is 1.85. The molecule has 24 heavy (non-hydrogen) atoms. The van der Waals surface area contributed by atoms with Crippen molar-refractivity contribution in [3.8, 4) is 5.69 Å². The Labute approximate surface area is 149 Å². The largest absolute Gasteiger partial charge is 0.358 e. The molecule has 2 aromatic rings. The van der Waals surface area contributed by atoms with Crippen LogP contribution in [0.25, 0.3) is 5.69 Å². The van der Waals surface area contributed by atoms with Crippen LogP contribution in [-0.4, -0.2) is 22.6 Å². The second kappa shape index (κ2) is 5.44. The average molecular weight is 324 g/mol. The topological polar surface area (TPSA) is 11.4 Å². The standard InChI is InChI=1S/C21H27N3/c1-14(2)17-7-6-8-18(15(3)4)20(17)24-10-9-16-13-19-22(5)11-12-23(19)21(16)24/h6-12,14-15,19H,13H2,1-5H3/i5D3. The minimum absolute atomic E-state index is 0.163. The van der Waals surface area contributed by atoms with Gasteiger partial charge in [0.2, 0.25) is 0 Å². The first-order chi connectivity index (χ1) is 12.7. The average Bonchev–Trinajstić information content (AvgIpc) is 3.23. The maximum Gasteiger partial charge on any atom is 0.122 e. The third-order valence-corrected chi connectivity index (χ3v) is 5.20. The van der Waals surface area contributed by atoms with E-state index in [1.54, 1.807) is 6.20 Å². The summed E-state index contributed by atoms with van der Waals surface area (Å²) in [6.07, 6.45) is 6.31. The van der Waals surface area contributed by atoms with Gasteiger partial charge in [-0.25, -0.2) is 0 Å². The highest BCUT2D eigenvalue weighted by atomic mass is 15.4. The Kier molecular flexibility index (Phi) is 2.77. The quantitative estimate of drug-likeness (QED) is 0.801. The smallest absolute Gasteiger partial charge is 0.122 e. The minimum Gasteiger partial charge on any atom is -0.358 e. The van der Waals surface area contributed by atoms with Gasteiger partial charge in [0, 0.05) is 36.1 Å². The maximum absolute atomic E-state index is 7.81. The van der Waals surface area contributed by atoms with E-state index in [1.165, 1.54) is 27.3 Å². The van der Waals surface area contributed by atoms with Crippen molar-refractivity contribution in [2.24, 2.45) is 0 Å². The molecule has 2 aliphatic heterocycles. The molecule has 3 nitrogen and oxygen atoms in total. The Hall–Kier alpha value is -2.16. The van der Waals surface area contributed by atoms with Gasteiger partial charge in [0.25, 0.3) is 0 Å². The molecule has 2 aliphatic rings. The summed E-state index contributed by atoms with van der Waals surface area (Å²) in [7, 11) is 0. The normalized spacial score (nSPS) is 21.2. The first-order valence-corrected chi connectivity index (χ1v) is 8.78. The highest BCUT2D eigenvalue weighted by Gasteiger charge is 2.36. The SMILES string of the molecule is [2H]C([2H])([2H])N1C=CN2c3c(ccn3-c3c(C(C)C)cccc3C(C)C)CC21. The molecular weight excluding hydrogens is 294 g/mol. The fourth-order valence-electron chi connectivity index (χ4n) is 3.97. The van der Waals surface area contributed by atoms with Crippen molar-refractivity contribution in [3.63, 3.8) is 0 Å². The molecule has 0 saturated carbocycles. The number of likely N-dealkylation sites (N-methyl/N-ethyl adjacent to an activating group) is 1. The molecule has 1 unspecified atom stereocenters. The predicted molar refractivity (Wildman–Crippen MR) is 101 cm³/mol. The van der Waals surface area contributed by atoms with E-state index in [4.69, 9.17) is 4.11 Å². The summed E-state index contributed by atoms with van der Waals surface area (Å²) in [5.74, 6) is 1.90. The molecule has 3 heteroatoms. The van der Waals surface area contributed by atoms with Crippen molar-refractivity contribution >= 4 is 5.82 Å². The van der Waals surface area contributed by atoms with Crippen LogP contribution in [0.2, 0.25) is 0 Å². The van der Waals surface area contributed by atoms with Crippen LogP contribution in [0.3, 0.4) is 0 Å². The molecule has 0 saturated heterocycles. The van der Waals surface area contributed by atoms with Gasteiger partial charge in [-0.3, -0.25) is 0 Å². The molecule has 1 atom stereocenters. The number of rotatable bonds is 3. The zero-order chi connectivity index (χ0) is 19.5. The maximum atomic E-state index is 7.81. The molecule has 0 bridgehead atoms. The molecule has 4 rings (SSSR count). The first kappa shape index (κ1) is 12.2. The lowest BCUT2D eigenvalue weighted by molar-refractivity contribution is 0.367. The highest BCUT2D eigenvalue weighted by Crippen LogP contribution is 2.41. The summed E-state index contributed by atoms with van der Waals surface area (Å²) in [6.45, 7) is 6.77. The number of hydrogen-bond donors (Lipinski definition) is 0. The van der Waals surface area contributed by atoms with E-state index >= 15 is 0 Å². The van der Waals surface area contributed by atoms with E-state index < -0.39 is 6.98 Å². The van der Waals surface area contributed by atoms with Crippen LogP contribution in [0.4, 0.5) is 5.82 Å². The third kappa shape index (κ3) is 2.10. The molecule has 0 aliphatic carbocycles. The van der Waals surface area contributed by atoms with Gasteiger partial charge < -0.3 is 14.4 Å². The van der Waals surface area contributed by atoms with Crippen LogP contribution in [-0.2, 0) is 6.42 Å². The Morgan fingerprint density at radius 2 is 1.75 bits per heavy atom. The molecular formula is C21H27N3. The van der Waals surface area contributed by atoms with E-state index in [1.807, 2.05) is 6.20 Å². The van der Waals surface area contributed by atoms with E-state index in [2.05, 4.69) is 67.6 Å². The number of aromatic nitrogens is 1. The van der Waals surface area contributed by atoms with Crippen LogP contribution in [0.5, 0.6) is 0 Å². The zero-order valence-electron chi connectivity index (χ0n) is 17.8. The van der Waals surface area contributed by atoms with Gasteiger partial charge in [-0.1, -0.05) is 45.9 Å². The summed E-state index contributed by atoms with van der Waals surface area (Å²) in [5, 5.41) is 0. The summed E-state index contributed by atoms with van der Waals surface area (Å²) in [4.78, 5) is 3.61. The Bertz CT molecular complexity index is 866. The highest BCUT2D eigenvalue weighted by molar-refractivity contribution is 5.66. The molecule has 0 spiro atoms.